The van der Waals surface area contributed by atoms with Gasteiger partial charge < -0.3 is 4.57 Å². The summed E-state index contributed by atoms with van der Waals surface area (Å²) in [7, 11) is 0. The number of benzene rings is 2. The van der Waals surface area contributed by atoms with Crippen molar-refractivity contribution in [2.45, 2.75) is 34.2 Å². The third-order valence-electron chi connectivity index (χ3n) is 5.53. The highest BCUT2D eigenvalue weighted by atomic mass is 35.5. The molecule has 1 aliphatic heterocycles. The van der Waals surface area contributed by atoms with Crippen LogP contribution in [0.5, 0.6) is 0 Å². The molecule has 0 bridgehead atoms. The summed E-state index contributed by atoms with van der Waals surface area (Å²) in [5, 5.41) is 0.473. The Balaban J connectivity index is 1.66. The maximum atomic E-state index is 13.0. The average molecular weight is 451 g/mol. The topological polar surface area (TPSA) is 42.3 Å². The van der Waals surface area contributed by atoms with E-state index < -0.39 is 0 Å². The summed E-state index contributed by atoms with van der Waals surface area (Å²) in [6.45, 7) is 8.30. The first-order valence-corrected chi connectivity index (χ1v) is 11.2. The maximum Gasteiger partial charge on any atom is 0.293 e. The molecule has 3 aromatic rings. The second-order valence-corrected chi connectivity index (χ2v) is 9.20. The minimum Gasteiger partial charge on any atom is -0.318 e. The van der Waals surface area contributed by atoms with Gasteiger partial charge in [0.1, 0.15) is 0 Å². The lowest BCUT2D eigenvalue weighted by Gasteiger charge is -2.14. The number of nitrogens with zero attached hydrogens (tertiary/aromatic N) is 2. The van der Waals surface area contributed by atoms with Gasteiger partial charge in [-0.1, -0.05) is 47.5 Å². The lowest BCUT2D eigenvalue weighted by atomic mass is 10.1. The Morgan fingerprint density at radius 3 is 2.48 bits per heavy atom. The first-order valence-electron chi connectivity index (χ1n) is 10.0. The number of aryl methyl sites for hydroxylation is 2. The number of carbonyl (C=O) groups excluding carboxylic acids is 2. The molecule has 1 saturated heterocycles. The minimum atomic E-state index is -0.250. The van der Waals surface area contributed by atoms with Crippen LogP contribution in [0, 0.1) is 27.7 Å². The molecule has 0 saturated carbocycles. The Morgan fingerprint density at radius 2 is 1.74 bits per heavy atom. The highest BCUT2D eigenvalue weighted by Crippen LogP contribution is 2.35. The second-order valence-electron chi connectivity index (χ2n) is 7.80. The molecule has 0 aliphatic carbocycles. The van der Waals surface area contributed by atoms with E-state index in [1.807, 2.05) is 82.3 Å². The van der Waals surface area contributed by atoms with Crippen molar-refractivity contribution in [3.63, 3.8) is 0 Å². The van der Waals surface area contributed by atoms with Crippen LogP contribution in [-0.4, -0.2) is 20.6 Å². The van der Waals surface area contributed by atoms with Crippen molar-refractivity contribution >= 4 is 40.6 Å². The Labute approximate surface area is 191 Å². The summed E-state index contributed by atoms with van der Waals surface area (Å²) in [6.07, 6.45) is 1.82. The Kier molecular flexibility index (Phi) is 5.82. The quantitative estimate of drug-likeness (QED) is 0.420. The number of imide groups is 1. The predicted octanol–water partition coefficient (Wildman–Crippen LogP) is 6.60. The lowest BCUT2D eigenvalue weighted by molar-refractivity contribution is -0.123. The van der Waals surface area contributed by atoms with Crippen LogP contribution in [0.1, 0.15) is 33.6 Å². The molecule has 4 nitrogen and oxygen atoms in total. The molecule has 0 spiro atoms. The van der Waals surface area contributed by atoms with E-state index in [9.17, 15) is 9.59 Å². The van der Waals surface area contributed by atoms with Gasteiger partial charge in [-0.3, -0.25) is 14.5 Å². The molecule has 0 atom stereocenters. The standard InChI is InChI=1S/C25H23ClN2O2S/c1-15-7-5-8-19(11-15)14-27-24(29)23(31-25(27)30)13-20-12-16(2)28(18(20)4)22-10-6-9-21(26)17(22)3/h5-13H,14H2,1-4H3/b23-13-. The van der Waals surface area contributed by atoms with Gasteiger partial charge in [0.2, 0.25) is 0 Å². The van der Waals surface area contributed by atoms with Gasteiger partial charge in [0.15, 0.2) is 0 Å². The number of rotatable bonds is 4. The SMILES string of the molecule is Cc1cccc(CN2C(=O)S/C(=C\c3cc(C)n(-c4cccc(Cl)c4C)c3C)C2=O)c1. The largest absolute Gasteiger partial charge is 0.318 e. The van der Waals surface area contributed by atoms with E-state index in [-0.39, 0.29) is 17.7 Å². The fourth-order valence-corrected chi connectivity index (χ4v) is 4.91. The van der Waals surface area contributed by atoms with Gasteiger partial charge in [0.25, 0.3) is 11.1 Å². The minimum absolute atomic E-state index is 0.239. The van der Waals surface area contributed by atoms with Crippen molar-refractivity contribution in [1.82, 2.24) is 9.47 Å². The van der Waals surface area contributed by atoms with Gasteiger partial charge >= 0.3 is 0 Å². The van der Waals surface area contributed by atoms with Gasteiger partial charge in [-0.05, 0) is 80.4 Å². The second kappa shape index (κ2) is 8.40. The van der Waals surface area contributed by atoms with E-state index in [1.54, 1.807) is 0 Å². The molecule has 0 N–H and O–H groups in total. The molecule has 1 aromatic heterocycles. The Hall–Kier alpha value is -2.76. The molecule has 2 aromatic carbocycles. The van der Waals surface area contributed by atoms with E-state index >= 15 is 0 Å². The number of hydrogen-bond donors (Lipinski definition) is 0. The fourth-order valence-electron chi connectivity index (χ4n) is 3.91. The molecule has 1 aliphatic rings. The van der Waals surface area contributed by atoms with Crippen molar-refractivity contribution in [3.8, 4) is 5.69 Å². The molecular formula is C25H23ClN2O2S. The first-order chi connectivity index (χ1) is 14.8. The average Bonchev–Trinajstić information content (AvgIpc) is 3.14. The summed E-state index contributed by atoms with van der Waals surface area (Å²) in [5.74, 6) is -0.250. The molecule has 158 valence electrons. The van der Waals surface area contributed by atoms with E-state index in [1.165, 1.54) is 4.90 Å². The molecular weight excluding hydrogens is 428 g/mol. The number of aromatic nitrogens is 1. The van der Waals surface area contributed by atoms with Gasteiger partial charge in [0, 0.05) is 22.1 Å². The van der Waals surface area contributed by atoms with Crippen molar-refractivity contribution < 1.29 is 9.59 Å². The number of carbonyl (C=O) groups is 2. The van der Waals surface area contributed by atoms with Crippen LogP contribution in [0.25, 0.3) is 11.8 Å². The molecule has 4 rings (SSSR count). The van der Waals surface area contributed by atoms with Crippen LogP contribution >= 0.6 is 23.4 Å². The summed E-state index contributed by atoms with van der Waals surface area (Å²) < 4.78 is 2.13. The van der Waals surface area contributed by atoms with Gasteiger partial charge in [0.05, 0.1) is 11.4 Å². The molecule has 31 heavy (non-hydrogen) atoms. The van der Waals surface area contributed by atoms with Crippen LogP contribution < -0.4 is 0 Å². The smallest absolute Gasteiger partial charge is 0.293 e. The molecule has 6 heteroatoms. The maximum absolute atomic E-state index is 13.0. The zero-order valence-electron chi connectivity index (χ0n) is 17.9. The van der Waals surface area contributed by atoms with Crippen molar-refractivity contribution in [1.29, 1.82) is 0 Å². The summed E-state index contributed by atoms with van der Waals surface area (Å²) in [6, 6.07) is 15.7. The highest BCUT2D eigenvalue weighted by Gasteiger charge is 2.35. The molecule has 0 unspecified atom stereocenters. The van der Waals surface area contributed by atoms with Crippen LogP contribution in [0.4, 0.5) is 4.79 Å². The van der Waals surface area contributed by atoms with Crippen LogP contribution in [0.15, 0.2) is 53.4 Å². The Bertz CT molecular complexity index is 1240. The lowest BCUT2D eigenvalue weighted by Crippen LogP contribution is -2.27. The summed E-state index contributed by atoms with van der Waals surface area (Å²) in [4.78, 5) is 27.3. The van der Waals surface area contributed by atoms with Gasteiger partial charge in [-0.2, -0.15) is 0 Å². The Morgan fingerprint density at radius 1 is 1.00 bits per heavy atom. The van der Waals surface area contributed by atoms with Crippen molar-refractivity contribution in [2.24, 2.45) is 0 Å². The van der Waals surface area contributed by atoms with Crippen LogP contribution in [-0.2, 0) is 11.3 Å². The number of amides is 2. The van der Waals surface area contributed by atoms with Crippen molar-refractivity contribution in [3.05, 3.63) is 92.1 Å². The normalized spacial score (nSPS) is 15.4. The fraction of sp³-hybridized carbons (Fsp3) is 0.200. The summed E-state index contributed by atoms with van der Waals surface area (Å²) in [5.41, 5.74) is 6.99. The molecule has 1 fully saturated rings. The zero-order valence-corrected chi connectivity index (χ0v) is 19.5. The number of hydrogen-bond acceptors (Lipinski definition) is 3. The van der Waals surface area contributed by atoms with Gasteiger partial charge in [-0.15, -0.1) is 0 Å². The monoisotopic (exact) mass is 450 g/mol. The van der Waals surface area contributed by atoms with E-state index in [4.69, 9.17) is 11.6 Å². The zero-order chi connectivity index (χ0) is 22.3. The third kappa shape index (κ3) is 4.08. The molecule has 2 amide bonds. The van der Waals surface area contributed by atoms with Crippen LogP contribution in [0.3, 0.4) is 0 Å². The van der Waals surface area contributed by atoms with E-state index in [0.29, 0.717) is 9.93 Å². The van der Waals surface area contributed by atoms with E-state index in [2.05, 4.69) is 4.57 Å². The van der Waals surface area contributed by atoms with E-state index in [0.717, 1.165) is 51.1 Å². The third-order valence-corrected chi connectivity index (χ3v) is 6.85. The van der Waals surface area contributed by atoms with Crippen LogP contribution in [0.2, 0.25) is 5.02 Å². The molecule has 2 heterocycles. The summed E-state index contributed by atoms with van der Waals surface area (Å²) >= 11 is 7.32. The predicted molar refractivity (Wildman–Crippen MR) is 128 cm³/mol. The first kappa shape index (κ1) is 21.5. The highest BCUT2D eigenvalue weighted by molar-refractivity contribution is 8.18. The van der Waals surface area contributed by atoms with Crippen molar-refractivity contribution in [2.75, 3.05) is 0 Å². The number of thioether (sulfide) groups is 1. The van der Waals surface area contributed by atoms with Gasteiger partial charge in [-0.25, -0.2) is 0 Å². The molecule has 0 radical (unpaired) electrons. The number of halogens is 1.